The number of hydrogen-bond donors (Lipinski definition) is 1. The van der Waals surface area contributed by atoms with Crippen molar-refractivity contribution in [3.05, 3.63) is 89.2 Å². The van der Waals surface area contributed by atoms with Crippen LogP contribution in [0.3, 0.4) is 0 Å². The number of amides is 1. The topological polar surface area (TPSA) is 64.7 Å². The SMILES string of the molecule is Cc1[nH]c2ccc(C(=O)N3CCC(Oc4cccc(CN5CCN(c6ccccn6)CC5)c4)CC3)cc2c1C. The van der Waals surface area contributed by atoms with Crippen LogP contribution in [0.25, 0.3) is 10.9 Å². The second-order valence-electron chi connectivity index (χ2n) is 10.8. The van der Waals surface area contributed by atoms with Crippen LogP contribution in [0.5, 0.6) is 5.75 Å². The van der Waals surface area contributed by atoms with Gasteiger partial charge >= 0.3 is 0 Å². The quantitative estimate of drug-likeness (QED) is 0.377. The summed E-state index contributed by atoms with van der Waals surface area (Å²) in [5.74, 6) is 2.10. The number of aryl methyl sites for hydroxylation is 2. The summed E-state index contributed by atoms with van der Waals surface area (Å²) in [7, 11) is 0. The Bertz CT molecular complexity index is 1430. The monoisotopic (exact) mass is 523 g/mol. The molecule has 0 bridgehead atoms. The number of anilines is 1. The van der Waals surface area contributed by atoms with Crippen LogP contribution in [-0.2, 0) is 6.54 Å². The fourth-order valence-corrected chi connectivity index (χ4v) is 5.80. The molecule has 1 amide bonds. The van der Waals surface area contributed by atoms with Gasteiger partial charge < -0.3 is 19.5 Å². The Balaban J connectivity index is 1.00. The summed E-state index contributed by atoms with van der Waals surface area (Å²) in [6.45, 7) is 10.5. The first kappa shape index (κ1) is 25.4. The number of carbonyl (C=O) groups is 1. The third-order valence-electron chi connectivity index (χ3n) is 8.24. The smallest absolute Gasteiger partial charge is 0.253 e. The molecule has 0 saturated carbocycles. The number of aromatic amines is 1. The summed E-state index contributed by atoms with van der Waals surface area (Å²) in [4.78, 5) is 27.9. The summed E-state index contributed by atoms with van der Waals surface area (Å²) < 4.78 is 6.39. The number of pyridine rings is 1. The van der Waals surface area contributed by atoms with E-state index in [9.17, 15) is 4.79 Å². The first-order valence-corrected chi connectivity index (χ1v) is 14.1. The maximum absolute atomic E-state index is 13.2. The highest BCUT2D eigenvalue weighted by Gasteiger charge is 2.25. The van der Waals surface area contributed by atoms with Crippen LogP contribution >= 0.6 is 0 Å². The summed E-state index contributed by atoms with van der Waals surface area (Å²) in [6.07, 6.45) is 3.68. The van der Waals surface area contributed by atoms with Crippen LogP contribution in [0.4, 0.5) is 5.82 Å². The average molecular weight is 524 g/mol. The second kappa shape index (κ2) is 11.1. The minimum absolute atomic E-state index is 0.110. The lowest BCUT2D eigenvalue weighted by Crippen LogP contribution is -2.46. The van der Waals surface area contributed by atoms with E-state index in [1.54, 1.807) is 0 Å². The van der Waals surface area contributed by atoms with Crippen molar-refractivity contribution >= 4 is 22.6 Å². The average Bonchev–Trinajstić information content (AvgIpc) is 3.26. The molecule has 2 aliphatic heterocycles. The Morgan fingerprint density at radius 3 is 2.54 bits per heavy atom. The van der Waals surface area contributed by atoms with Crippen molar-refractivity contribution < 1.29 is 9.53 Å². The molecule has 7 nitrogen and oxygen atoms in total. The van der Waals surface area contributed by atoms with E-state index >= 15 is 0 Å². The molecule has 6 rings (SSSR count). The lowest BCUT2D eigenvalue weighted by Gasteiger charge is -2.35. The first-order valence-electron chi connectivity index (χ1n) is 14.1. The number of nitrogens with one attached hydrogen (secondary N) is 1. The van der Waals surface area contributed by atoms with Gasteiger partial charge in [-0.05, 0) is 67.4 Å². The lowest BCUT2D eigenvalue weighted by molar-refractivity contribution is 0.0595. The molecular weight excluding hydrogens is 486 g/mol. The number of carbonyl (C=O) groups excluding carboxylic acids is 1. The van der Waals surface area contributed by atoms with Crippen LogP contribution in [0.2, 0.25) is 0 Å². The van der Waals surface area contributed by atoms with E-state index in [1.165, 1.54) is 11.1 Å². The molecule has 0 radical (unpaired) electrons. The van der Waals surface area contributed by atoms with Crippen LogP contribution in [0.1, 0.15) is 40.0 Å². The number of piperidine rings is 1. The summed E-state index contributed by atoms with van der Waals surface area (Å²) in [6, 6.07) is 20.6. The number of H-pyrrole nitrogens is 1. The van der Waals surface area contributed by atoms with E-state index in [1.807, 2.05) is 41.4 Å². The Labute approximate surface area is 230 Å². The van der Waals surface area contributed by atoms with Crippen molar-refractivity contribution in [1.82, 2.24) is 19.8 Å². The minimum Gasteiger partial charge on any atom is -0.490 e. The molecule has 0 atom stereocenters. The fourth-order valence-electron chi connectivity index (χ4n) is 5.80. The standard InChI is InChI=1S/C32H37N5O2/c1-23-24(2)34-30-10-9-26(21-29(23)30)32(38)37-14-11-27(12-15-37)39-28-7-5-6-25(20-28)22-35-16-18-36(19-17-35)31-8-3-4-13-33-31/h3-10,13,20-21,27,34H,11-12,14-19,22H2,1-2H3. The van der Waals surface area contributed by atoms with Crippen LogP contribution in [0, 0.1) is 13.8 Å². The van der Waals surface area contributed by atoms with E-state index in [-0.39, 0.29) is 12.0 Å². The highest BCUT2D eigenvalue weighted by Crippen LogP contribution is 2.25. The zero-order valence-electron chi connectivity index (χ0n) is 22.9. The van der Waals surface area contributed by atoms with Gasteiger partial charge in [0.05, 0.1) is 0 Å². The Kier molecular flexibility index (Phi) is 7.24. The van der Waals surface area contributed by atoms with Gasteiger partial charge in [0.25, 0.3) is 5.91 Å². The zero-order valence-corrected chi connectivity index (χ0v) is 22.9. The maximum atomic E-state index is 13.2. The number of nitrogens with zero attached hydrogens (tertiary/aromatic N) is 4. The van der Waals surface area contributed by atoms with Crippen molar-refractivity contribution in [2.75, 3.05) is 44.2 Å². The number of fused-ring (bicyclic) bond motifs is 1. The number of likely N-dealkylation sites (tertiary alicyclic amines) is 1. The Morgan fingerprint density at radius 2 is 1.77 bits per heavy atom. The summed E-state index contributed by atoms with van der Waals surface area (Å²) in [5, 5.41) is 1.13. The largest absolute Gasteiger partial charge is 0.490 e. The molecule has 0 spiro atoms. The molecule has 1 N–H and O–H groups in total. The van der Waals surface area contributed by atoms with Crippen LogP contribution < -0.4 is 9.64 Å². The van der Waals surface area contributed by atoms with Gasteiger partial charge in [-0.1, -0.05) is 18.2 Å². The predicted molar refractivity (Wildman–Crippen MR) is 155 cm³/mol. The van der Waals surface area contributed by atoms with Gasteiger partial charge in [0.1, 0.15) is 17.7 Å². The molecule has 7 heteroatoms. The number of ether oxygens (including phenoxy) is 1. The second-order valence-corrected chi connectivity index (χ2v) is 10.8. The molecule has 2 aromatic carbocycles. The van der Waals surface area contributed by atoms with Gasteiger partial charge in [0.2, 0.25) is 0 Å². The van der Waals surface area contributed by atoms with Crippen molar-refractivity contribution in [3.63, 3.8) is 0 Å². The van der Waals surface area contributed by atoms with Gasteiger partial charge in [-0.15, -0.1) is 0 Å². The van der Waals surface area contributed by atoms with Crippen molar-refractivity contribution in [1.29, 1.82) is 0 Å². The molecule has 39 heavy (non-hydrogen) atoms. The van der Waals surface area contributed by atoms with Gasteiger partial charge in [-0.25, -0.2) is 4.98 Å². The number of benzene rings is 2. The first-order chi connectivity index (χ1) is 19.0. The summed E-state index contributed by atoms with van der Waals surface area (Å²) >= 11 is 0. The molecule has 2 fully saturated rings. The molecule has 4 aromatic rings. The highest BCUT2D eigenvalue weighted by atomic mass is 16.5. The molecule has 0 unspecified atom stereocenters. The molecule has 2 aliphatic rings. The van der Waals surface area contributed by atoms with Crippen LogP contribution in [-0.4, -0.2) is 71.0 Å². The number of hydrogen-bond acceptors (Lipinski definition) is 5. The molecule has 2 saturated heterocycles. The fraction of sp³-hybridized carbons (Fsp3) is 0.375. The van der Waals surface area contributed by atoms with Gasteiger partial charge in [-0.3, -0.25) is 9.69 Å². The highest BCUT2D eigenvalue weighted by molar-refractivity contribution is 5.99. The minimum atomic E-state index is 0.110. The van der Waals surface area contributed by atoms with Crippen molar-refractivity contribution in [2.45, 2.75) is 39.3 Å². The van der Waals surface area contributed by atoms with E-state index in [0.29, 0.717) is 13.1 Å². The lowest BCUT2D eigenvalue weighted by atomic mass is 10.0. The van der Waals surface area contributed by atoms with Crippen LogP contribution in [0.15, 0.2) is 66.9 Å². The Morgan fingerprint density at radius 1 is 0.949 bits per heavy atom. The molecule has 4 heterocycles. The van der Waals surface area contributed by atoms with E-state index in [2.05, 4.69) is 63.9 Å². The molecule has 0 aliphatic carbocycles. The van der Waals surface area contributed by atoms with E-state index in [0.717, 1.165) is 79.3 Å². The Hall–Kier alpha value is -3.84. The molecule has 202 valence electrons. The van der Waals surface area contributed by atoms with Gasteiger partial charge in [-0.2, -0.15) is 0 Å². The predicted octanol–water partition coefficient (Wildman–Crippen LogP) is 5.19. The van der Waals surface area contributed by atoms with E-state index in [4.69, 9.17) is 4.74 Å². The van der Waals surface area contributed by atoms with Crippen molar-refractivity contribution in [2.24, 2.45) is 0 Å². The van der Waals surface area contributed by atoms with Crippen molar-refractivity contribution in [3.8, 4) is 5.75 Å². The summed E-state index contributed by atoms with van der Waals surface area (Å²) in [5.41, 5.74) is 5.48. The number of aromatic nitrogens is 2. The third-order valence-corrected chi connectivity index (χ3v) is 8.24. The third kappa shape index (κ3) is 5.64. The van der Waals surface area contributed by atoms with E-state index < -0.39 is 0 Å². The maximum Gasteiger partial charge on any atom is 0.253 e. The number of rotatable bonds is 6. The zero-order chi connectivity index (χ0) is 26.8. The van der Waals surface area contributed by atoms with Gasteiger partial charge in [0.15, 0.2) is 0 Å². The molecular formula is C32H37N5O2. The number of piperazine rings is 1. The van der Waals surface area contributed by atoms with Gasteiger partial charge in [0, 0.05) is 87.0 Å². The molecule has 2 aromatic heterocycles. The normalized spacial score (nSPS) is 17.1.